The summed E-state index contributed by atoms with van der Waals surface area (Å²) in [5.74, 6) is 6.56. The number of methoxy groups -OCH3 is 1. The maximum atomic E-state index is 5.43. The Labute approximate surface area is 111 Å². The summed E-state index contributed by atoms with van der Waals surface area (Å²) in [6, 6.07) is 2.03. The zero-order chi connectivity index (χ0) is 13.8. The minimum atomic E-state index is 0.279. The van der Waals surface area contributed by atoms with Crippen molar-refractivity contribution in [3.8, 4) is 11.5 Å². The lowest BCUT2D eigenvalue weighted by atomic mass is 10.3. The molecule has 2 aromatic heterocycles. The molecule has 102 valence electrons. The largest absolute Gasteiger partial charge is 0.378 e. The molecule has 0 aliphatic rings. The van der Waals surface area contributed by atoms with Crippen molar-refractivity contribution in [2.45, 2.75) is 26.5 Å². The van der Waals surface area contributed by atoms with E-state index in [9.17, 15) is 0 Å². The van der Waals surface area contributed by atoms with Crippen LogP contribution in [-0.4, -0.2) is 26.6 Å². The first-order chi connectivity index (χ1) is 9.15. The number of anilines is 1. The van der Waals surface area contributed by atoms with Gasteiger partial charge < -0.3 is 14.7 Å². The number of ether oxygens (including phenoxy) is 1. The molecule has 2 heterocycles. The molecule has 0 amide bonds. The van der Waals surface area contributed by atoms with Gasteiger partial charge in [0.1, 0.15) is 11.5 Å². The van der Waals surface area contributed by atoms with Crippen LogP contribution in [0.2, 0.25) is 0 Å². The molecule has 0 aromatic carbocycles. The van der Waals surface area contributed by atoms with Crippen LogP contribution in [0, 0.1) is 0 Å². The Kier molecular flexibility index (Phi) is 4.08. The Hall–Kier alpha value is -1.99. The van der Waals surface area contributed by atoms with Gasteiger partial charge in [-0.15, -0.1) is 0 Å². The highest BCUT2D eigenvalue weighted by atomic mass is 16.5. The van der Waals surface area contributed by atoms with Crippen LogP contribution in [0.1, 0.15) is 25.6 Å². The molecule has 7 heteroatoms. The molecule has 0 spiro atoms. The third kappa shape index (κ3) is 2.88. The lowest BCUT2D eigenvalue weighted by molar-refractivity contribution is 0.181. The summed E-state index contributed by atoms with van der Waals surface area (Å²) in [5, 5.41) is 0. The maximum Gasteiger partial charge on any atom is 0.180 e. The number of nitrogens with two attached hydrogens (primary N) is 1. The Bertz CT molecular complexity index is 551. The molecule has 0 saturated heterocycles. The average molecular weight is 262 g/mol. The lowest BCUT2D eigenvalue weighted by Crippen LogP contribution is -2.12. The van der Waals surface area contributed by atoms with Crippen molar-refractivity contribution in [1.82, 2.24) is 19.5 Å². The summed E-state index contributed by atoms with van der Waals surface area (Å²) in [6.07, 6.45) is 3.51. The van der Waals surface area contributed by atoms with Crippen molar-refractivity contribution >= 4 is 5.82 Å². The molecule has 2 aromatic rings. The van der Waals surface area contributed by atoms with Gasteiger partial charge in [-0.25, -0.2) is 20.8 Å². The molecule has 0 unspecified atom stereocenters. The van der Waals surface area contributed by atoms with E-state index in [1.807, 2.05) is 4.57 Å². The second-order valence-electron chi connectivity index (χ2n) is 4.43. The third-order valence-electron chi connectivity index (χ3n) is 2.67. The van der Waals surface area contributed by atoms with Gasteiger partial charge in [-0.05, 0) is 13.8 Å². The van der Waals surface area contributed by atoms with Gasteiger partial charge in [0.05, 0.1) is 24.8 Å². The van der Waals surface area contributed by atoms with Crippen molar-refractivity contribution in [1.29, 1.82) is 0 Å². The maximum absolute atomic E-state index is 5.43. The van der Waals surface area contributed by atoms with E-state index < -0.39 is 0 Å². The van der Waals surface area contributed by atoms with Crippen LogP contribution < -0.4 is 11.3 Å². The predicted molar refractivity (Wildman–Crippen MR) is 72.2 cm³/mol. The number of nitrogens with zero attached hydrogens (tertiary/aromatic N) is 4. The number of aromatic nitrogens is 4. The number of hydrogen-bond acceptors (Lipinski definition) is 6. The number of nitrogen functional groups attached to an aromatic ring is 1. The SMILES string of the molecule is COCc1cc(NN)nc(-c2cncn2C(C)C)n1. The van der Waals surface area contributed by atoms with E-state index in [0.29, 0.717) is 18.2 Å². The molecule has 0 atom stereocenters. The monoisotopic (exact) mass is 262 g/mol. The smallest absolute Gasteiger partial charge is 0.180 e. The van der Waals surface area contributed by atoms with Gasteiger partial charge >= 0.3 is 0 Å². The molecule has 2 rings (SSSR count). The van der Waals surface area contributed by atoms with Crippen molar-refractivity contribution in [2.75, 3.05) is 12.5 Å². The van der Waals surface area contributed by atoms with Crippen molar-refractivity contribution in [3.05, 3.63) is 24.3 Å². The molecule has 19 heavy (non-hydrogen) atoms. The predicted octanol–water partition coefficient (Wildman–Crippen LogP) is 1.35. The van der Waals surface area contributed by atoms with Crippen LogP contribution in [0.3, 0.4) is 0 Å². The minimum absolute atomic E-state index is 0.279. The summed E-state index contributed by atoms with van der Waals surface area (Å²) < 4.78 is 7.10. The van der Waals surface area contributed by atoms with Gasteiger partial charge in [-0.2, -0.15) is 0 Å². The van der Waals surface area contributed by atoms with Gasteiger partial charge in [0.2, 0.25) is 0 Å². The Morgan fingerprint density at radius 3 is 2.84 bits per heavy atom. The first-order valence-corrected chi connectivity index (χ1v) is 6.01. The lowest BCUT2D eigenvalue weighted by Gasteiger charge is -2.12. The fourth-order valence-corrected chi connectivity index (χ4v) is 1.80. The average Bonchev–Trinajstić information content (AvgIpc) is 2.88. The number of rotatable bonds is 5. The fourth-order valence-electron chi connectivity index (χ4n) is 1.80. The van der Waals surface area contributed by atoms with Crippen LogP contribution in [0.5, 0.6) is 0 Å². The van der Waals surface area contributed by atoms with Crippen LogP contribution in [-0.2, 0) is 11.3 Å². The molecule has 0 radical (unpaired) electrons. The van der Waals surface area contributed by atoms with E-state index in [4.69, 9.17) is 10.6 Å². The first-order valence-electron chi connectivity index (χ1n) is 6.01. The van der Waals surface area contributed by atoms with Crippen LogP contribution in [0.4, 0.5) is 5.82 Å². The number of hydrazine groups is 1. The molecular formula is C12H18N6O. The summed E-state index contributed by atoms with van der Waals surface area (Å²) in [4.78, 5) is 13.0. The second kappa shape index (κ2) is 5.77. The third-order valence-corrected chi connectivity index (χ3v) is 2.67. The fraction of sp³-hybridized carbons (Fsp3) is 0.417. The summed E-state index contributed by atoms with van der Waals surface area (Å²) in [6.45, 7) is 4.55. The number of hydrogen-bond donors (Lipinski definition) is 2. The van der Waals surface area contributed by atoms with Gasteiger partial charge in [0.25, 0.3) is 0 Å². The molecule has 0 fully saturated rings. The standard InChI is InChI=1S/C12H18N6O/c1-8(2)18-7-14-5-10(18)12-15-9(6-19-3)4-11(16-12)17-13/h4-5,7-8H,6,13H2,1-3H3,(H,15,16,17). The quantitative estimate of drug-likeness (QED) is 0.624. The summed E-state index contributed by atoms with van der Waals surface area (Å²) in [5.41, 5.74) is 4.15. The number of imidazole rings is 1. The van der Waals surface area contributed by atoms with E-state index in [0.717, 1.165) is 11.4 Å². The zero-order valence-electron chi connectivity index (χ0n) is 11.3. The van der Waals surface area contributed by atoms with E-state index in [-0.39, 0.29) is 6.04 Å². The molecular weight excluding hydrogens is 244 g/mol. The van der Waals surface area contributed by atoms with E-state index in [1.165, 1.54) is 0 Å². The van der Waals surface area contributed by atoms with Crippen molar-refractivity contribution in [3.63, 3.8) is 0 Å². The van der Waals surface area contributed by atoms with Gasteiger partial charge in [0, 0.05) is 19.2 Å². The molecule has 0 aliphatic heterocycles. The highest BCUT2D eigenvalue weighted by Gasteiger charge is 2.12. The van der Waals surface area contributed by atoms with Crippen molar-refractivity contribution in [2.24, 2.45) is 5.84 Å². The molecule has 3 N–H and O–H groups in total. The van der Waals surface area contributed by atoms with E-state index in [2.05, 4.69) is 34.2 Å². The summed E-state index contributed by atoms with van der Waals surface area (Å²) in [7, 11) is 1.62. The zero-order valence-corrected chi connectivity index (χ0v) is 11.3. The van der Waals surface area contributed by atoms with Crippen molar-refractivity contribution < 1.29 is 4.74 Å². The molecule has 7 nitrogen and oxygen atoms in total. The Morgan fingerprint density at radius 1 is 1.42 bits per heavy atom. The topological polar surface area (TPSA) is 90.9 Å². The van der Waals surface area contributed by atoms with Crippen LogP contribution in [0.25, 0.3) is 11.5 Å². The molecule has 0 saturated carbocycles. The highest BCUT2D eigenvalue weighted by molar-refractivity contribution is 5.52. The second-order valence-corrected chi connectivity index (χ2v) is 4.43. The minimum Gasteiger partial charge on any atom is -0.378 e. The Balaban J connectivity index is 2.48. The van der Waals surface area contributed by atoms with Crippen LogP contribution >= 0.6 is 0 Å². The van der Waals surface area contributed by atoms with Gasteiger partial charge in [0.15, 0.2) is 5.82 Å². The van der Waals surface area contributed by atoms with Gasteiger partial charge in [-0.3, -0.25) is 0 Å². The Morgan fingerprint density at radius 2 is 2.21 bits per heavy atom. The molecule has 0 aliphatic carbocycles. The molecule has 0 bridgehead atoms. The number of nitrogens with one attached hydrogen (secondary N) is 1. The van der Waals surface area contributed by atoms with Crippen LogP contribution in [0.15, 0.2) is 18.6 Å². The normalized spacial score (nSPS) is 11.0. The summed E-state index contributed by atoms with van der Waals surface area (Å²) >= 11 is 0. The van der Waals surface area contributed by atoms with Gasteiger partial charge in [-0.1, -0.05) is 0 Å². The first kappa shape index (κ1) is 13.4. The van der Waals surface area contributed by atoms with E-state index in [1.54, 1.807) is 25.7 Å². The van der Waals surface area contributed by atoms with E-state index >= 15 is 0 Å². The highest BCUT2D eigenvalue weighted by Crippen LogP contribution is 2.21.